The van der Waals surface area contributed by atoms with Crippen LogP contribution in [0.5, 0.6) is 0 Å². The minimum Gasteiger partial charge on any atom is -0.355 e. The molecule has 0 aliphatic carbocycles. The summed E-state index contributed by atoms with van der Waals surface area (Å²) in [6, 6.07) is 1.58. The molecule has 19 heavy (non-hydrogen) atoms. The van der Waals surface area contributed by atoms with Crippen LogP contribution in [0.1, 0.15) is 10.4 Å². The number of carbonyl (C=O) groups is 1. The number of nitrogens with zero attached hydrogens (tertiary/aromatic N) is 2. The van der Waals surface area contributed by atoms with Gasteiger partial charge in [-0.3, -0.25) is 18.9 Å². The summed E-state index contributed by atoms with van der Waals surface area (Å²) in [5.41, 5.74) is 0.463. The van der Waals surface area contributed by atoms with E-state index in [4.69, 9.17) is 6.57 Å². The molecule has 3 N–H and O–H groups in total. The average molecular weight is 275 g/mol. The van der Waals surface area contributed by atoms with Crippen LogP contribution in [0.3, 0.4) is 0 Å². The number of pyridine rings is 1. The van der Waals surface area contributed by atoms with Gasteiger partial charge in [0.15, 0.2) is 0 Å². The third kappa shape index (κ3) is 2.61. The highest BCUT2D eigenvalue weighted by atomic mass is 32.1. The van der Waals surface area contributed by atoms with Crippen molar-refractivity contribution in [2.75, 3.05) is 12.4 Å². The van der Waals surface area contributed by atoms with Crippen molar-refractivity contribution in [1.82, 2.24) is 14.7 Å². The Balaban J connectivity index is 2.36. The lowest BCUT2D eigenvalue weighted by Gasteiger charge is -2.05. The molecule has 0 aliphatic heterocycles. The molecule has 0 aliphatic rings. The number of carbonyl (C=O) groups excluding carboxylic acids is 1. The van der Waals surface area contributed by atoms with Gasteiger partial charge in [0.1, 0.15) is 10.6 Å². The number of hydrogen-bond acceptors (Lipinski definition) is 5. The quantitative estimate of drug-likeness (QED) is 0.740. The van der Waals surface area contributed by atoms with Crippen molar-refractivity contribution in [1.29, 1.82) is 0 Å². The molecule has 0 bridgehead atoms. The number of amides is 1. The minimum atomic E-state index is -0.473. The van der Waals surface area contributed by atoms with E-state index in [1.54, 1.807) is 6.07 Å². The zero-order valence-corrected chi connectivity index (χ0v) is 10.7. The molecular weight excluding hydrogens is 266 g/mol. The van der Waals surface area contributed by atoms with Gasteiger partial charge in [-0.25, -0.2) is 4.85 Å². The Hall–Kier alpha value is -2.66. The zero-order chi connectivity index (χ0) is 13.8. The fraction of sp³-hybridized carbons (Fsp3) is 0.0909. The lowest BCUT2D eigenvalue weighted by Crippen LogP contribution is -2.24. The number of aromatic amines is 1. The molecule has 0 atom stereocenters. The molecule has 0 fully saturated rings. The summed E-state index contributed by atoms with van der Waals surface area (Å²) in [6.45, 7) is 6.90. The van der Waals surface area contributed by atoms with Crippen LogP contribution in [0.2, 0.25) is 0 Å². The Bertz CT molecular complexity index is 712. The molecule has 0 unspecified atom stereocenters. The molecule has 2 aromatic rings. The van der Waals surface area contributed by atoms with Crippen LogP contribution < -0.4 is 16.2 Å². The standard InChI is InChI=1S/C11H9N5O2S/c1-12-6-3-7(5-14-4-6)15-11-8(9(17)13-2)10(18)16-19-11/h3-5,15H,2H3,(H,13,17)(H,16,18). The van der Waals surface area contributed by atoms with E-state index >= 15 is 0 Å². The molecule has 0 spiro atoms. The highest BCUT2D eigenvalue weighted by Crippen LogP contribution is 2.24. The van der Waals surface area contributed by atoms with E-state index in [2.05, 4.69) is 24.8 Å². The van der Waals surface area contributed by atoms with Gasteiger partial charge in [0.2, 0.25) is 5.69 Å². The van der Waals surface area contributed by atoms with Crippen molar-refractivity contribution in [3.63, 3.8) is 0 Å². The van der Waals surface area contributed by atoms with Gasteiger partial charge in [0.05, 0.1) is 6.57 Å². The normalized spacial score (nSPS) is 9.68. The Morgan fingerprint density at radius 2 is 2.32 bits per heavy atom. The topological polar surface area (TPSA) is 91.2 Å². The molecule has 2 aromatic heterocycles. The first-order chi connectivity index (χ1) is 9.15. The number of hydrogen-bond donors (Lipinski definition) is 3. The largest absolute Gasteiger partial charge is 0.355 e. The van der Waals surface area contributed by atoms with Gasteiger partial charge in [-0.2, -0.15) is 0 Å². The summed E-state index contributed by atoms with van der Waals surface area (Å²) in [5.74, 6) is -0.473. The van der Waals surface area contributed by atoms with E-state index in [0.29, 0.717) is 16.4 Å². The maximum absolute atomic E-state index is 11.6. The van der Waals surface area contributed by atoms with Crippen molar-refractivity contribution in [3.05, 3.63) is 45.8 Å². The summed E-state index contributed by atoms with van der Waals surface area (Å²) in [4.78, 5) is 30.3. The van der Waals surface area contributed by atoms with E-state index < -0.39 is 11.5 Å². The number of nitrogens with one attached hydrogen (secondary N) is 3. The summed E-state index contributed by atoms with van der Waals surface area (Å²) in [7, 11) is 1.45. The minimum absolute atomic E-state index is 0.0146. The molecule has 0 radical (unpaired) electrons. The van der Waals surface area contributed by atoms with Gasteiger partial charge >= 0.3 is 0 Å². The molecule has 7 nitrogen and oxygen atoms in total. The van der Waals surface area contributed by atoms with E-state index in [9.17, 15) is 9.59 Å². The highest BCUT2D eigenvalue weighted by molar-refractivity contribution is 7.10. The third-order valence-electron chi connectivity index (χ3n) is 2.26. The predicted octanol–water partition coefficient (Wildman–Crippen LogP) is 1.49. The van der Waals surface area contributed by atoms with Gasteiger partial charge in [0, 0.05) is 25.1 Å². The molecule has 2 heterocycles. The maximum atomic E-state index is 11.6. The molecule has 1 amide bonds. The molecule has 2 rings (SSSR count). The Morgan fingerprint density at radius 1 is 1.53 bits per heavy atom. The fourth-order valence-corrected chi connectivity index (χ4v) is 2.16. The average Bonchev–Trinajstić information content (AvgIpc) is 2.79. The first-order valence-electron chi connectivity index (χ1n) is 5.18. The molecule has 96 valence electrons. The van der Waals surface area contributed by atoms with E-state index in [1.807, 2.05) is 0 Å². The number of anilines is 2. The molecular formula is C11H9N5O2S. The molecule has 8 heteroatoms. The number of H-pyrrole nitrogens is 1. The van der Waals surface area contributed by atoms with Crippen LogP contribution in [0.25, 0.3) is 4.85 Å². The second-order valence-corrected chi connectivity index (χ2v) is 4.30. The highest BCUT2D eigenvalue weighted by Gasteiger charge is 2.17. The van der Waals surface area contributed by atoms with Gasteiger partial charge in [-0.15, -0.1) is 0 Å². The Morgan fingerprint density at radius 3 is 3.00 bits per heavy atom. The fourth-order valence-electron chi connectivity index (χ4n) is 1.41. The van der Waals surface area contributed by atoms with Crippen LogP contribution in [0, 0.1) is 6.57 Å². The maximum Gasteiger partial charge on any atom is 0.273 e. The van der Waals surface area contributed by atoms with Crippen LogP contribution in [-0.4, -0.2) is 22.3 Å². The summed E-state index contributed by atoms with van der Waals surface area (Å²) in [5, 5.41) is 5.69. The van der Waals surface area contributed by atoms with Crippen molar-refractivity contribution in [2.24, 2.45) is 0 Å². The lowest BCUT2D eigenvalue weighted by molar-refractivity contribution is 0.0963. The van der Waals surface area contributed by atoms with Crippen LogP contribution in [-0.2, 0) is 0 Å². The second kappa shape index (κ2) is 5.32. The van der Waals surface area contributed by atoms with Gasteiger partial charge in [-0.05, 0) is 17.6 Å². The Kier molecular flexibility index (Phi) is 3.58. The van der Waals surface area contributed by atoms with E-state index in [0.717, 1.165) is 11.5 Å². The van der Waals surface area contributed by atoms with Crippen molar-refractivity contribution in [2.45, 2.75) is 0 Å². The van der Waals surface area contributed by atoms with Crippen LogP contribution >= 0.6 is 11.5 Å². The second-order valence-electron chi connectivity index (χ2n) is 3.49. The molecule has 0 aromatic carbocycles. The van der Waals surface area contributed by atoms with Gasteiger partial charge in [0.25, 0.3) is 11.5 Å². The van der Waals surface area contributed by atoms with Crippen molar-refractivity contribution >= 4 is 33.8 Å². The Labute approximate surface area is 112 Å². The SMILES string of the molecule is [C-]#[N+]c1cncc(Nc2s[nH]c(=O)c2C(=O)NC)c1. The first-order valence-corrected chi connectivity index (χ1v) is 6.00. The predicted molar refractivity (Wildman–Crippen MR) is 72.1 cm³/mol. The molecule has 0 saturated heterocycles. The van der Waals surface area contributed by atoms with Crippen LogP contribution in [0.15, 0.2) is 23.3 Å². The molecule has 0 saturated carbocycles. The summed E-state index contributed by atoms with van der Waals surface area (Å²) < 4.78 is 2.48. The van der Waals surface area contributed by atoms with E-state index in [1.165, 1.54) is 19.4 Å². The van der Waals surface area contributed by atoms with Crippen molar-refractivity contribution in [3.8, 4) is 0 Å². The number of rotatable bonds is 3. The van der Waals surface area contributed by atoms with Gasteiger partial charge in [-0.1, -0.05) is 0 Å². The van der Waals surface area contributed by atoms with Crippen LogP contribution in [0.4, 0.5) is 16.4 Å². The van der Waals surface area contributed by atoms with E-state index in [-0.39, 0.29) is 5.56 Å². The van der Waals surface area contributed by atoms with Gasteiger partial charge < -0.3 is 10.6 Å². The third-order valence-corrected chi connectivity index (χ3v) is 3.06. The smallest absolute Gasteiger partial charge is 0.273 e. The zero-order valence-electron chi connectivity index (χ0n) is 9.85. The van der Waals surface area contributed by atoms with Crippen molar-refractivity contribution < 1.29 is 4.79 Å². The summed E-state index contributed by atoms with van der Waals surface area (Å²) in [6.07, 6.45) is 2.93. The lowest BCUT2D eigenvalue weighted by atomic mass is 10.3. The number of aromatic nitrogens is 2. The first kappa shape index (κ1) is 12.8. The monoisotopic (exact) mass is 275 g/mol. The summed E-state index contributed by atoms with van der Waals surface area (Å²) >= 11 is 1.01.